The predicted molar refractivity (Wildman–Crippen MR) is 103 cm³/mol. The van der Waals surface area contributed by atoms with Crippen molar-refractivity contribution in [3.63, 3.8) is 0 Å². The van der Waals surface area contributed by atoms with E-state index in [1.807, 2.05) is 0 Å². The molecule has 3 aromatic carbocycles. The summed E-state index contributed by atoms with van der Waals surface area (Å²) in [5.74, 6) is 0. The fourth-order valence-electron chi connectivity index (χ4n) is 3.27. The molecule has 0 N–H and O–H groups in total. The zero-order valence-corrected chi connectivity index (χ0v) is 17.9. The summed E-state index contributed by atoms with van der Waals surface area (Å²) in [7, 11) is 2.15. The van der Waals surface area contributed by atoms with Crippen LogP contribution in [0.1, 0.15) is 0 Å². The van der Waals surface area contributed by atoms with E-state index in [4.69, 9.17) is 0 Å². The van der Waals surface area contributed by atoms with Crippen LogP contribution in [0.15, 0.2) is 91.0 Å². The molecule has 0 saturated heterocycles. The minimum atomic E-state index is -2.21. The van der Waals surface area contributed by atoms with Gasteiger partial charge in [-0.1, -0.05) is 0 Å². The molecule has 0 aliphatic carbocycles. The van der Waals surface area contributed by atoms with Crippen molar-refractivity contribution in [1.29, 1.82) is 0 Å². The summed E-state index contributed by atoms with van der Waals surface area (Å²) in [6.07, 6.45) is 0. The van der Waals surface area contributed by atoms with Crippen LogP contribution in [-0.4, -0.2) is 30.7 Å². The molecule has 0 bridgehead atoms. The fourth-order valence-corrected chi connectivity index (χ4v) is 11.6. The Labute approximate surface area is 156 Å². The summed E-state index contributed by atoms with van der Waals surface area (Å²) in [6, 6.07) is 33.2. The van der Waals surface area contributed by atoms with Crippen molar-refractivity contribution in [2.24, 2.45) is 0 Å². The van der Waals surface area contributed by atoms with Crippen molar-refractivity contribution in [1.82, 2.24) is 4.90 Å². The molecule has 3 heteroatoms. The molecular formula is C21H21NSiW. The topological polar surface area (TPSA) is 3.24 Å². The summed E-state index contributed by atoms with van der Waals surface area (Å²) in [4.78, 5) is 2.33. The SMILES string of the molecule is CN(C)[C](=[W])[Si](c1ccccc1)(c1ccccc1)c1ccccc1. The van der Waals surface area contributed by atoms with Gasteiger partial charge in [0.1, 0.15) is 0 Å². The molecule has 3 aromatic rings. The van der Waals surface area contributed by atoms with Crippen LogP contribution in [0.5, 0.6) is 0 Å². The standard InChI is InChI=1S/C21H21NSi.W/c1-22(2)18-23(19-12-6-3-7-13-19,20-14-8-4-9-15-20)21-16-10-5-11-17-21;/h3-17H,1-2H3;. The number of benzene rings is 3. The summed E-state index contributed by atoms with van der Waals surface area (Å²) in [5.41, 5.74) is 0. The van der Waals surface area contributed by atoms with E-state index >= 15 is 0 Å². The van der Waals surface area contributed by atoms with Gasteiger partial charge in [-0.2, -0.15) is 0 Å². The number of rotatable bonds is 5. The van der Waals surface area contributed by atoms with Crippen molar-refractivity contribution in [2.75, 3.05) is 14.1 Å². The Morgan fingerprint density at radius 1 is 0.625 bits per heavy atom. The van der Waals surface area contributed by atoms with Crippen molar-refractivity contribution in [3.05, 3.63) is 91.0 Å². The zero-order chi connectivity index (χ0) is 17.0. The molecule has 0 amide bonds. The van der Waals surface area contributed by atoms with Crippen LogP contribution in [0.2, 0.25) is 0 Å². The molecule has 0 aromatic heterocycles. The van der Waals surface area contributed by atoms with Gasteiger partial charge in [0.2, 0.25) is 0 Å². The summed E-state index contributed by atoms with van der Waals surface area (Å²) in [5, 5.41) is 4.34. The van der Waals surface area contributed by atoms with E-state index in [2.05, 4.69) is 110 Å². The first-order valence-electron chi connectivity index (χ1n) is 8.05. The fraction of sp³-hybridized carbons (Fsp3) is 0.0952. The Morgan fingerprint density at radius 2 is 0.917 bits per heavy atom. The van der Waals surface area contributed by atoms with Gasteiger partial charge in [-0.25, -0.2) is 0 Å². The van der Waals surface area contributed by atoms with Crippen LogP contribution in [-0.2, 0) is 19.4 Å². The van der Waals surface area contributed by atoms with Gasteiger partial charge < -0.3 is 0 Å². The average Bonchev–Trinajstić information content (AvgIpc) is 2.65. The zero-order valence-electron chi connectivity index (χ0n) is 14.0. The molecule has 0 aliphatic rings. The Balaban J connectivity index is 2.40. The molecule has 0 heterocycles. The molecule has 120 valence electrons. The van der Waals surface area contributed by atoms with Crippen LogP contribution >= 0.6 is 0 Å². The van der Waals surface area contributed by atoms with Crippen LogP contribution in [0.25, 0.3) is 0 Å². The second-order valence-electron chi connectivity index (χ2n) is 6.05. The van der Waals surface area contributed by atoms with Gasteiger partial charge in [-0.05, 0) is 0 Å². The monoisotopic (exact) mass is 499 g/mol. The van der Waals surface area contributed by atoms with Gasteiger partial charge in [0.25, 0.3) is 0 Å². The Kier molecular flexibility index (Phi) is 5.40. The van der Waals surface area contributed by atoms with E-state index in [1.54, 1.807) is 19.4 Å². The van der Waals surface area contributed by atoms with Gasteiger partial charge in [0.05, 0.1) is 0 Å². The normalized spacial score (nSPS) is 11.5. The van der Waals surface area contributed by atoms with Crippen molar-refractivity contribution < 1.29 is 19.4 Å². The van der Waals surface area contributed by atoms with E-state index < -0.39 is 8.07 Å². The molecule has 1 nitrogen and oxygen atoms in total. The van der Waals surface area contributed by atoms with Crippen molar-refractivity contribution in [3.8, 4) is 0 Å². The third-order valence-corrected chi connectivity index (χ3v) is 13.6. The maximum absolute atomic E-state index is 2.33. The van der Waals surface area contributed by atoms with Crippen LogP contribution in [0, 0.1) is 0 Å². The van der Waals surface area contributed by atoms with Gasteiger partial charge in [-0.15, -0.1) is 0 Å². The average molecular weight is 499 g/mol. The minimum absolute atomic E-state index is 1.45. The molecular weight excluding hydrogens is 478 g/mol. The van der Waals surface area contributed by atoms with Crippen LogP contribution in [0.4, 0.5) is 0 Å². The van der Waals surface area contributed by atoms with E-state index in [9.17, 15) is 0 Å². The maximum atomic E-state index is 2.33. The molecule has 0 unspecified atom stereocenters. The first-order valence-corrected chi connectivity index (χ1v) is 11.5. The first kappa shape index (κ1) is 17.2. The number of hydrogen-bond donors (Lipinski definition) is 0. The summed E-state index contributed by atoms with van der Waals surface area (Å²) >= 11 is 1.54. The number of hydrogen-bond acceptors (Lipinski definition) is 1. The molecule has 0 fully saturated rings. The van der Waals surface area contributed by atoms with E-state index in [1.165, 1.54) is 19.2 Å². The second kappa shape index (κ2) is 7.52. The van der Waals surface area contributed by atoms with Crippen LogP contribution < -0.4 is 15.6 Å². The van der Waals surface area contributed by atoms with Gasteiger partial charge in [0, 0.05) is 0 Å². The van der Waals surface area contributed by atoms with Crippen molar-refractivity contribution in [2.45, 2.75) is 0 Å². The van der Waals surface area contributed by atoms with Gasteiger partial charge >= 0.3 is 157 Å². The number of nitrogens with zero attached hydrogens (tertiary/aromatic N) is 1. The quantitative estimate of drug-likeness (QED) is 0.384. The Morgan fingerprint density at radius 3 is 1.17 bits per heavy atom. The third-order valence-electron chi connectivity index (χ3n) is 4.35. The molecule has 0 spiro atoms. The molecule has 0 atom stereocenters. The van der Waals surface area contributed by atoms with Gasteiger partial charge in [-0.3, -0.25) is 0 Å². The Bertz CT molecular complexity index is 704. The molecule has 3 rings (SSSR count). The third kappa shape index (κ3) is 3.02. The first-order chi connectivity index (χ1) is 11.7. The predicted octanol–water partition coefficient (Wildman–Crippen LogP) is 1.93. The van der Waals surface area contributed by atoms with Crippen LogP contribution in [0.3, 0.4) is 0 Å². The van der Waals surface area contributed by atoms with E-state index in [0.29, 0.717) is 0 Å². The van der Waals surface area contributed by atoms with Crippen molar-refractivity contribution >= 4 is 27.3 Å². The van der Waals surface area contributed by atoms with Gasteiger partial charge in [0.15, 0.2) is 0 Å². The van der Waals surface area contributed by atoms with E-state index in [-0.39, 0.29) is 0 Å². The summed E-state index contributed by atoms with van der Waals surface area (Å²) in [6.45, 7) is 0. The second-order valence-corrected chi connectivity index (χ2v) is 12.6. The Hall–Kier alpha value is -1.60. The molecule has 0 saturated carbocycles. The molecule has 0 radical (unpaired) electrons. The summed E-state index contributed by atoms with van der Waals surface area (Å²) < 4.78 is 1.52. The molecule has 0 aliphatic heterocycles. The molecule has 24 heavy (non-hydrogen) atoms. The van der Waals surface area contributed by atoms with E-state index in [0.717, 1.165) is 0 Å².